The average Bonchev–Trinajstić information content (AvgIpc) is 3.72. The second-order valence-electron chi connectivity index (χ2n) is 9.16. The van der Waals surface area contributed by atoms with Crippen LogP contribution >= 0.6 is 11.8 Å². The Hall–Kier alpha value is -3.18. The third kappa shape index (κ3) is 5.40. The number of halogens is 1. The molecule has 0 spiro atoms. The zero-order chi connectivity index (χ0) is 24.2. The van der Waals surface area contributed by atoms with E-state index in [-0.39, 0.29) is 24.2 Å². The minimum atomic E-state index is -0.269. The first-order chi connectivity index (χ1) is 17.1. The van der Waals surface area contributed by atoms with Crippen molar-refractivity contribution in [1.82, 2.24) is 10.3 Å². The number of fused-ring (bicyclic) bond motifs is 1. The van der Waals surface area contributed by atoms with E-state index < -0.39 is 0 Å². The van der Waals surface area contributed by atoms with Crippen LogP contribution in [0.4, 0.5) is 4.39 Å². The molecule has 3 aromatic carbocycles. The molecule has 3 nitrogen and oxygen atoms in total. The maximum absolute atomic E-state index is 13.9. The van der Waals surface area contributed by atoms with Gasteiger partial charge in [-0.2, -0.15) is 11.8 Å². The minimum Gasteiger partial charge on any atom is -0.349 e. The van der Waals surface area contributed by atoms with Gasteiger partial charge in [0.2, 0.25) is 5.91 Å². The molecule has 0 bridgehead atoms. The normalized spacial score (nSPS) is 14.1. The van der Waals surface area contributed by atoms with Crippen LogP contribution in [0.5, 0.6) is 0 Å². The monoisotopic (exact) mass is 484 g/mol. The van der Waals surface area contributed by atoms with Crippen molar-refractivity contribution in [2.75, 3.05) is 12.0 Å². The van der Waals surface area contributed by atoms with Crippen molar-refractivity contribution in [1.29, 1.82) is 0 Å². The van der Waals surface area contributed by atoms with Crippen LogP contribution in [0.2, 0.25) is 0 Å². The highest BCUT2D eigenvalue weighted by atomic mass is 32.2. The van der Waals surface area contributed by atoms with Gasteiger partial charge < -0.3 is 5.32 Å². The van der Waals surface area contributed by atoms with Crippen molar-refractivity contribution in [2.45, 2.75) is 31.7 Å². The Balaban J connectivity index is 1.53. The number of rotatable bonds is 9. The Kier molecular flexibility index (Phi) is 7.14. The topological polar surface area (TPSA) is 42.0 Å². The molecule has 1 aliphatic carbocycles. The summed E-state index contributed by atoms with van der Waals surface area (Å²) in [4.78, 5) is 18.5. The van der Waals surface area contributed by atoms with Gasteiger partial charge in [0.25, 0.3) is 0 Å². The molecular formula is C30H29FN2OS. The first kappa shape index (κ1) is 23.6. The molecule has 0 radical (unpaired) electrons. The fourth-order valence-corrected chi connectivity index (χ4v) is 5.23. The maximum Gasteiger partial charge on any atom is 0.224 e. The molecule has 1 N–H and O–H groups in total. The Labute approximate surface area is 210 Å². The molecule has 1 fully saturated rings. The molecule has 0 aliphatic heterocycles. The zero-order valence-corrected chi connectivity index (χ0v) is 20.7. The molecule has 1 heterocycles. The molecule has 1 saturated carbocycles. The van der Waals surface area contributed by atoms with E-state index in [9.17, 15) is 9.18 Å². The van der Waals surface area contributed by atoms with Crippen molar-refractivity contribution in [3.63, 3.8) is 0 Å². The van der Waals surface area contributed by atoms with Gasteiger partial charge in [-0.1, -0.05) is 60.7 Å². The second-order valence-corrected chi connectivity index (χ2v) is 10.1. The number of carbonyl (C=O) groups is 1. The fraction of sp³-hybridized carbons (Fsp3) is 0.267. The number of amides is 1. The number of hydrogen-bond acceptors (Lipinski definition) is 3. The number of carbonyl (C=O) groups excluding carboxylic acids is 1. The summed E-state index contributed by atoms with van der Waals surface area (Å²) >= 11 is 1.79. The molecule has 5 rings (SSSR count). The highest BCUT2D eigenvalue weighted by Crippen LogP contribution is 2.41. The predicted octanol–water partition coefficient (Wildman–Crippen LogP) is 6.76. The van der Waals surface area contributed by atoms with E-state index in [0.717, 1.165) is 63.9 Å². The number of aromatic nitrogens is 1. The summed E-state index contributed by atoms with van der Waals surface area (Å²) in [6, 6.07) is 24.7. The highest BCUT2D eigenvalue weighted by Gasteiger charge is 2.34. The number of hydrogen-bond donors (Lipinski definition) is 1. The SMILES string of the molecule is CSCCc1c(-c2ccccc2)nc2ccccc2c1CC(=O)NC(c1cccc(F)c1)C1CC1. The molecule has 1 aromatic heterocycles. The Bertz CT molecular complexity index is 1340. The number of benzene rings is 3. The van der Waals surface area contributed by atoms with E-state index in [0.29, 0.717) is 5.92 Å². The van der Waals surface area contributed by atoms with Gasteiger partial charge in [-0.25, -0.2) is 9.37 Å². The smallest absolute Gasteiger partial charge is 0.224 e. The summed E-state index contributed by atoms with van der Waals surface area (Å²) < 4.78 is 13.9. The lowest BCUT2D eigenvalue weighted by atomic mass is 9.92. The van der Waals surface area contributed by atoms with Crippen LogP contribution in [0.3, 0.4) is 0 Å². The number of nitrogens with one attached hydrogen (secondary N) is 1. The van der Waals surface area contributed by atoms with Crippen LogP contribution in [0, 0.1) is 11.7 Å². The van der Waals surface area contributed by atoms with E-state index in [1.54, 1.807) is 23.9 Å². The second kappa shape index (κ2) is 10.6. The Morgan fingerprint density at radius 3 is 2.54 bits per heavy atom. The van der Waals surface area contributed by atoms with Gasteiger partial charge in [0.05, 0.1) is 23.7 Å². The first-order valence-electron chi connectivity index (χ1n) is 12.1. The van der Waals surface area contributed by atoms with Crippen molar-refractivity contribution in [3.05, 3.63) is 101 Å². The quantitative estimate of drug-likeness (QED) is 0.285. The molecule has 1 unspecified atom stereocenters. The van der Waals surface area contributed by atoms with Crippen LogP contribution in [0.15, 0.2) is 78.9 Å². The highest BCUT2D eigenvalue weighted by molar-refractivity contribution is 7.98. The lowest BCUT2D eigenvalue weighted by molar-refractivity contribution is -0.121. The van der Waals surface area contributed by atoms with Gasteiger partial charge in [-0.05, 0) is 72.1 Å². The van der Waals surface area contributed by atoms with Crippen LogP contribution in [-0.4, -0.2) is 22.9 Å². The number of para-hydroxylation sites is 1. The molecule has 1 amide bonds. The molecule has 1 aliphatic rings. The Morgan fingerprint density at radius 1 is 1.03 bits per heavy atom. The van der Waals surface area contributed by atoms with Crippen molar-refractivity contribution in [2.24, 2.45) is 5.92 Å². The molecule has 35 heavy (non-hydrogen) atoms. The largest absolute Gasteiger partial charge is 0.349 e. The molecule has 4 aromatic rings. The summed E-state index contributed by atoms with van der Waals surface area (Å²) in [5.41, 5.74) is 5.92. The van der Waals surface area contributed by atoms with Gasteiger partial charge in [-0.15, -0.1) is 0 Å². The van der Waals surface area contributed by atoms with Gasteiger partial charge in [-0.3, -0.25) is 4.79 Å². The van der Waals surface area contributed by atoms with Gasteiger partial charge in [0.1, 0.15) is 5.82 Å². The van der Waals surface area contributed by atoms with Gasteiger partial charge in [0, 0.05) is 10.9 Å². The molecule has 0 saturated heterocycles. The zero-order valence-electron chi connectivity index (χ0n) is 19.8. The van der Waals surface area contributed by atoms with E-state index in [4.69, 9.17) is 4.98 Å². The molecule has 5 heteroatoms. The summed E-state index contributed by atoms with van der Waals surface area (Å²) in [5, 5.41) is 4.27. The van der Waals surface area contributed by atoms with Crippen molar-refractivity contribution in [3.8, 4) is 11.3 Å². The Morgan fingerprint density at radius 2 is 1.80 bits per heavy atom. The standard InChI is InChI=1S/C30H29FN2OS/c1-35-17-16-25-26(19-28(34)33-29(21-14-15-21)22-10-7-11-23(31)18-22)24-12-5-6-13-27(24)32-30(25)20-8-3-2-4-9-20/h2-13,18,21,29H,14-17,19H2,1H3,(H,33,34). The van der Waals surface area contributed by atoms with E-state index >= 15 is 0 Å². The maximum atomic E-state index is 13.9. The van der Waals surface area contributed by atoms with Crippen molar-refractivity contribution < 1.29 is 9.18 Å². The summed E-state index contributed by atoms with van der Waals surface area (Å²) in [6.45, 7) is 0. The lowest BCUT2D eigenvalue weighted by Crippen LogP contribution is -2.31. The fourth-order valence-electron chi connectivity index (χ4n) is 4.82. The van der Waals surface area contributed by atoms with Crippen LogP contribution in [-0.2, 0) is 17.6 Å². The molecule has 1 atom stereocenters. The van der Waals surface area contributed by atoms with Crippen LogP contribution < -0.4 is 5.32 Å². The van der Waals surface area contributed by atoms with E-state index in [1.807, 2.05) is 42.5 Å². The van der Waals surface area contributed by atoms with Crippen LogP contribution in [0.25, 0.3) is 22.2 Å². The minimum absolute atomic E-state index is 0.0353. The lowest BCUT2D eigenvalue weighted by Gasteiger charge is -2.21. The van der Waals surface area contributed by atoms with Gasteiger partial charge >= 0.3 is 0 Å². The third-order valence-corrected chi connectivity index (χ3v) is 7.28. The van der Waals surface area contributed by atoms with Crippen molar-refractivity contribution >= 4 is 28.6 Å². The average molecular weight is 485 g/mol. The predicted molar refractivity (Wildman–Crippen MR) is 143 cm³/mol. The van der Waals surface area contributed by atoms with Crippen LogP contribution in [0.1, 0.15) is 35.6 Å². The molecule has 178 valence electrons. The number of thioether (sulfide) groups is 1. The third-order valence-electron chi connectivity index (χ3n) is 6.67. The first-order valence-corrected chi connectivity index (χ1v) is 13.5. The molecular weight excluding hydrogens is 455 g/mol. The summed E-state index contributed by atoms with van der Waals surface area (Å²) in [6.07, 6.45) is 5.31. The van der Waals surface area contributed by atoms with E-state index in [2.05, 4.69) is 29.8 Å². The summed E-state index contributed by atoms with van der Waals surface area (Å²) in [7, 11) is 0. The number of nitrogens with zero attached hydrogens (tertiary/aromatic N) is 1. The van der Waals surface area contributed by atoms with E-state index in [1.165, 1.54) is 6.07 Å². The summed E-state index contributed by atoms with van der Waals surface area (Å²) in [5.74, 6) is 1.01. The van der Waals surface area contributed by atoms with Gasteiger partial charge in [0.15, 0.2) is 0 Å². The number of pyridine rings is 1.